The molecule has 0 saturated heterocycles. The third-order valence-corrected chi connectivity index (χ3v) is 5.66. The standard InChI is InChI=1S/C23H21N5O/c1-3-20(29)27-12-13-28-23(15(27)2)21(17-6-9-24-10-7-17)22(26-28)18-5-4-16-8-11-25-19(16)14-18/h3-11,14-15,25H,1,12-13H2,2H3/t15-/m1/s1. The maximum absolute atomic E-state index is 12.4. The Morgan fingerprint density at radius 2 is 2.00 bits per heavy atom. The lowest BCUT2D eigenvalue weighted by atomic mass is 9.95. The Hall–Kier alpha value is -3.67. The van der Waals surface area contributed by atoms with Crippen LogP contribution in [0.2, 0.25) is 0 Å². The monoisotopic (exact) mass is 383 g/mol. The van der Waals surface area contributed by atoms with Gasteiger partial charge in [-0.15, -0.1) is 0 Å². The Labute approximate surface area is 168 Å². The van der Waals surface area contributed by atoms with E-state index >= 15 is 0 Å². The fourth-order valence-electron chi connectivity index (χ4n) is 4.23. The minimum atomic E-state index is -0.104. The van der Waals surface area contributed by atoms with Gasteiger partial charge in [0.2, 0.25) is 5.91 Å². The van der Waals surface area contributed by atoms with Crippen LogP contribution in [0.15, 0.2) is 67.6 Å². The van der Waals surface area contributed by atoms with Crippen molar-refractivity contribution in [3.05, 3.63) is 73.3 Å². The molecule has 0 saturated carbocycles. The summed E-state index contributed by atoms with van der Waals surface area (Å²) < 4.78 is 2.04. The predicted octanol–water partition coefficient (Wildman–Crippen LogP) is 4.18. The summed E-state index contributed by atoms with van der Waals surface area (Å²) in [5.74, 6) is -0.0556. The molecule has 0 spiro atoms. The zero-order valence-electron chi connectivity index (χ0n) is 16.2. The van der Waals surface area contributed by atoms with Crippen molar-refractivity contribution in [1.29, 1.82) is 0 Å². The van der Waals surface area contributed by atoms with E-state index in [9.17, 15) is 4.79 Å². The number of nitrogens with one attached hydrogen (secondary N) is 1. The van der Waals surface area contributed by atoms with Crippen molar-refractivity contribution < 1.29 is 4.79 Å². The van der Waals surface area contributed by atoms with Crippen molar-refractivity contribution in [3.8, 4) is 22.4 Å². The zero-order chi connectivity index (χ0) is 20.0. The van der Waals surface area contributed by atoms with Gasteiger partial charge in [-0.05, 0) is 48.2 Å². The van der Waals surface area contributed by atoms with Crippen molar-refractivity contribution in [3.63, 3.8) is 0 Å². The Morgan fingerprint density at radius 3 is 2.79 bits per heavy atom. The highest BCUT2D eigenvalue weighted by Gasteiger charge is 2.32. The number of pyridine rings is 1. The number of rotatable bonds is 3. The first-order valence-electron chi connectivity index (χ1n) is 9.69. The molecule has 1 amide bonds. The van der Waals surface area contributed by atoms with Gasteiger partial charge in [-0.3, -0.25) is 14.5 Å². The Balaban J connectivity index is 1.74. The molecule has 6 nitrogen and oxygen atoms in total. The molecule has 144 valence electrons. The van der Waals surface area contributed by atoms with Crippen LogP contribution in [0.1, 0.15) is 18.7 Å². The first kappa shape index (κ1) is 17.4. The molecule has 4 heterocycles. The molecule has 6 heteroatoms. The summed E-state index contributed by atoms with van der Waals surface area (Å²) in [6.45, 7) is 6.98. The van der Waals surface area contributed by atoms with E-state index in [1.807, 2.05) is 27.9 Å². The van der Waals surface area contributed by atoms with Crippen molar-refractivity contribution in [2.75, 3.05) is 6.54 Å². The minimum Gasteiger partial charge on any atom is -0.361 e. The van der Waals surface area contributed by atoms with Crippen molar-refractivity contribution in [2.24, 2.45) is 0 Å². The largest absolute Gasteiger partial charge is 0.361 e. The van der Waals surface area contributed by atoms with E-state index in [0.717, 1.165) is 33.6 Å². The van der Waals surface area contributed by atoms with E-state index in [2.05, 4.69) is 47.7 Å². The predicted molar refractivity (Wildman–Crippen MR) is 113 cm³/mol. The molecular formula is C23H21N5O. The molecular weight excluding hydrogens is 362 g/mol. The van der Waals surface area contributed by atoms with E-state index in [4.69, 9.17) is 5.10 Å². The van der Waals surface area contributed by atoms with Gasteiger partial charge in [0.15, 0.2) is 0 Å². The van der Waals surface area contributed by atoms with E-state index in [1.54, 1.807) is 12.4 Å². The number of aromatic nitrogens is 4. The van der Waals surface area contributed by atoms with E-state index in [0.29, 0.717) is 13.1 Å². The average Bonchev–Trinajstić information content (AvgIpc) is 3.38. The van der Waals surface area contributed by atoms with Crippen LogP contribution < -0.4 is 0 Å². The van der Waals surface area contributed by atoms with Crippen molar-refractivity contribution in [2.45, 2.75) is 19.5 Å². The van der Waals surface area contributed by atoms with E-state index < -0.39 is 0 Å². The maximum Gasteiger partial charge on any atom is 0.246 e. The molecule has 5 rings (SSSR count). The van der Waals surface area contributed by atoms with Gasteiger partial charge in [-0.2, -0.15) is 5.10 Å². The van der Waals surface area contributed by atoms with Gasteiger partial charge in [0.25, 0.3) is 0 Å². The molecule has 0 aliphatic carbocycles. The summed E-state index contributed by atoms with van der Waals surface area (Å²) in [6, 6.07) is 12.3. The lowest BCUT2D eigenvalue weighted by Gasteiger charge is -2.34. The van der Waals surface area contributed by atoms with Crippen LogP contribution in [0, 0.1) is 0 Å². The van der Waals surface area contributed by atoms with Crippen LogP contribution in [-0.4, -0.2) is 37.1 Å². The molecule has 29 heavy (non-hydrogen) atoms. The highest BCUT2D eigenvalue weighted by atomic mass is 16.2. The normalized spacial score (nSPS) is 16.0. The molecule has 1 aliphatic heterocycles. The number of aromatic amines is 1. The molecule has 3 aromatic heterocycles. The van der Waals surface area contributed by atoms with Gasteiger partial charge in [0.05, 0.1) is 18.3 Å². The van der Waals surface area contributed by atoms with Crippen LogP contribution in [0.5, 0.6) is 0 Å². The Bertz CT molecular complexity index is 1220. The van der Waals surface area contributed by atoms with E-state index in [1.165, 1.54) is 11.5 Å². The fraction of sp³-hybridized carbons (Fsp3) is 0.174. The summed E-state index contributed by atoms with van der Waals surface area (Å²) in [5.41, 5.74) is 6.17. The van der Waals surface area contributed by atoms with Crippen LogP contribution in [-0.2, 0) is 11.3 Å². The molecule has 0 radical (unpaired) electrons. The fourth-order valence-corrected chi connectivity index (χ4v) is 4.23. The first-order valence-corrected chi connectivity index (χ1v) is 9.69. The number of hydrogen-bond donors (Lipinski definition) is 1. The third kappa shape index (κ3) is 2.76. The summed E-state index contributed by atoms with van der Waals surface area (Å²) in [7, 11) is 0. The second-order valence-corrected chi connectivity index (χ2v) is 7.26. The van der Waals surface area contributed by atoms with E-state index in [-0.39, 0.29) is 11.9 Å². The molecule has 1 aliphatic rings. The van der Waals surface area contributed by atoms with Crippen LogP contribution in [0.25, 0.3) is 33.3 Å². The molecule has 4 aromatic rings. The lowest BCUT2D eigenvalue weighted by Crippen LogP contribution is -2.40. The number of carbonyl (C=O) groups is 1. The highest BCUT2D eigenvalue weighted by molar-refractivity contribution is 5.90. The number of fused-ring (bicyclic) bond motifs is 2. The van der Waals surface area contributed by atoms with Crippen LogP contribution in [0.4, 0.5) is 0 Å². The van der Waals surface area contributed by atoms with Gasteiger partial charge < -0.3 is 9.88 Å². The van der Waals surface area contributed by atoms with Gasteiger partial charge in [-0.1, -0.05) is 18.7 Å². The number of amides is 1. The van der Waals surface area contributed by atoms with Crippen LogP contribution >= 0.6 is 0 Å². The Morgan fingerprint density at radius 1 is 1.17 bits per heavy atom. The SMILES string of the molecule is C=CC(=O)N1CCn2nc(-c3ccc4cc[nH]c4c3)c(-c3ccncc3)c2[C@H]1C. The second kappa shape index (κ2) is 6.74. The molecule has 0 fully saturated rings. The third-order valence-electron chi connectivity index (χ3n) is 5.66. The first-order chi connectivity index (χ1) is 14.2. The summed E-state index contributed by atoms with van der Waals surface area (Å²) in [6.07, 6.45) is 6.90. The maximum atomic E-state index is 12.4. The van der Waals surface area contributed by atoms with Gasteiger partial charge >= 0.3 is 0 Å². The molecule has 1 aromatic carbocycles. The summed E-state index contributed by atoms with van der Waals surface area (Å²) in [5, 5.41) is 6.14. The minimum absolute atomic E-state index is 0.0556. The Kier molecular flexibility index (Phi) is 4.05. The smallest absolute Gasteiger partial charge is 0.246 e. The molecule has 0 unspecified atom stereocenters. The second-order valence-electron chi connectivity index (χ2n) is 7.26. The van der Waals surface area contributed by atoms with Crippen LogP contribution in [0.3, 0.4) is 0 Å². The number of hydrogen-bond acceptors (Lipinski definition) is 3. The molecule has 0 bridgehead atoms. The number of carbonyl (C=O) groups excluding carboxylic acids is 1. The molecule has 1 N–H and O–H groups in total. The highest BCUT2D eigenvalue weighted by Crippen LogP contribution is 2.41. The lowest BCUT2D eigenvalue weighted by molar-refractivity contribution is -0.129. The quantitative estimate of drug-likeness (QED) is 0.540. The van der Waals surface area contributed by atoms with Gasteiger partial charge in [0, 0.05) is 41.8 Å². The summed E-state index contributed by atoms with van der Waals surface area (Å²) >= 11 is 0. The topological polar surface area (TPSA) is 66.8 Å². The number of nitrogens with zero attached hydrogens (tertiary/aromatic N) is 4. The van der Waals surface area contributed by atoms with Crippen molar-refractivity contribution in [1.82, 2.24) is 24.6 Å². The number of H-pyrrole nitrogens is 1. The molecule has 1 atom stereocenters. The van der Waals surface area contributed by atoms with Gasteiger partial charge in [0.1, 0.15) is 5.69 Å². The number of benzene rings is 1. The zero-order valence-corrected chi connectivity index (χ0v) is 16.2. The van der Waals surface area contributed by atoms with Crippen molar-refractivity contribution >= 4 is 16.8 Å². The average molecular weight is 383 g/mol. The van der Waals surface area contributed by atoms with Gasteiger partial charge in [-0.25, -0.2) is 0 Å². The summed E-state index contributed by atoms with van der Waals surface area (Å²) in [4.78, 5) is 21.7.